The molecule has 0 unspecified atom stereocenters. The molecule has 2 aromatic carbocycles. The second kappa shape index (κ2) is 5.19. The Morgan fingerprint density at radius 1 is 0.812 bits per heavy atom. The summed E-state index contributed by atoms with van der Waals surface area (Å²) in [6, 6.07) is 17.4. The van der Waals surface area contributed by atoms with Gasteiger partial charge in [0.05, 0.1) is 18.0 Å². The number of hydrazine groups is 1. The van der Waals surface area contributed by atoms with Crippen molar-refractivity contribution in [3.8, 4) is 0 Å². The van der Waals surface area contributed by atoms with Gasteiger partial charge in [-0.25, -0.2) is 0 Å². The van der Waals surface area contributed by atoms with Crippen LogP contribution >= 0.6 is 0 Å². The van der Waals surface area contributed by atoms with Gasteiger partial charge in [-0.05, 0) is 18.2 Å². The Kier molecular flexibility index (Phi) is 3.41. The first-order valence-electron chi connectivity index (χ1n) is 5.16. The van der Waals surface area contributed by atoms with Gasteiger partial charge in [-0.1, -0.05) is 36.4 Å². The lowest BCUT2D eigenvalue weighted by Gasteiger charge is -2.12. The molecule has 0 radical (unpaired) electrons. The Morgan fingerprint density at radius 2 is 1.50 bits per heavy atom. The van der Waals surface area contributed by atoms with Crippen LogP contribution in [0, 0.1) is 0 Å². The van der Waals surface area contributed by atoms with E-state index in [-0.39, 0.29) is 6.61 Å². The number of nitrogens with one attached hydrogen (secondary N) is 2. The number of hydrogen-bond donors (Lipinski definition) is 3. The average Bonchev–Trinajstić information content (AvgIpc) is 2.38. The van der Waals surface area contributed by atoms with Gasteiger partial charge in [0.2, 0.25) is 0 Å². The predicted octanol–water partition coefficient (Wildman–Crippen LogP) is 2.62. The molecular weight excluding hydrogens is 200 g/mol. The molecule has 0 bridgehead atoms. The number of hydrogen-bond acceptors (Lipinski definition) is 3. The van der Waals surface area contributed by atoms with Crippen LogP contribution in [0.2, 0.25) is 0 Å². The standard InChI is InChI=1S/C13H14N2O/c16-10-11-6-4-5-9-13(11)15-14-12-7-2-1-3-8-12/h1-9,14-16H,10H2. The van der Waals surface area contributed by atoms with Crippen LogP contribution in [-0.2, 0) is 6.61 Å². The van der Waals surface area contributed by atoms with Crippen LogP contribution in [-0.4, -0.2) is 5.11 Å². The van der Waals surface area contributed by atoms with E-state index in [1.807, 2.05) is 54.6 Å². The third-order valence-electron chi connectivity index (χ3n) is 2.30. The van der Waals surface area contributed by atoms with E-state index in [0.29, 0.717) is 0 Å². The molecule has 0 aliphatic carbocycles. The molecular formula is C13H14N2O. The molecule has 0 amide bonds. The van der Waals surface area contributed by atoms with Gasteiger partial charge in [0.25, 0.3) is 0 Å². The number of rotatable bonds is 4. The zero-order valence-electron chi connectivity index (χ0n) is 8.85. The van der Waals surface area contributed by atoms with E-state index in [2.05, 4.69) is 10.9 Å². The second-order valence-electron chi connectivity index (χ2n) is 3.43. The summed E-state index contributed by atoms with van der Waals surface area (Å²) in [4.78, 5) is 0. The van der Waals surface area contributed by atoms with Crippen LogP contribution in [0.1, 0.15) is 5.56 Å². The van der Waals surface area contributed by atoms with Crippen LogP contribution in [0.25, 0.3) is 0 Å². The van der Waals surface area contributed by atoms with Crippen molar-refractivity contribution in [2.45, 2.75) is 6.61 Å². The summed E-state index contributed by atoms with van der Waals surface area (Å²) in [6.45, 7) is 0.0274. The van der Waals surface area contributed by atoms with E-state index >= 15 is 0 Å². The van der Waals surface area contributed by atoms with Crippen LogP contribution in [0.3, 0.4) is 0 Å². The van der Waals surface area contributed by atoms with Gasteiger partial charge in [-0.2, -0.15) is 0 Å². The quantitative estimate of drug-likeness (QED) is 0.685. The van der Waals surface area contributed by atoms with Crippen molar-refractivity contribution in [2.75, 3.05) is 10.9 Å². The number of benzene rings is 2. The van der Waals surface area contributed by atoms with Crippen molar-refractivity contribution < 1.29 is 5.11 Å². The summed E-state index contributed by atoms with van der Waals surface area (Å²) in [5.74, 6) is 0. The monoisotopic (exact) mass is 214 g/mol. The molecule has 0 spiro atoms. The van der Waals surface area contributed by atoms with Gasteiger partial charge in [-0.3, -0.25) is 0 Å². The number of anilines is 2. The molecule has 0 aliphatic heterocycles. The van der Waals surface area contributed by atoms with E-state index in [4.69, 9.17) is 5.11 Å². The molecule has 3 N–H and O–H groups in total. The van der Waals surface area contributed by atoms with Gasteiger partial charge in [0, 0.05) is 5.56 Å². The summed E-state index contributed by atoms with van der Waals surface area (Å²) in [5.41, 5.74) is 8.88. The molecule has 0 saturated carbocycles. The zero-order chi connectivity index (χ0) is 11.2. The summed E-state index contributed by atoms with van der Waals surface area (Å²) in [6.07, 6.45) is 0. The summed E-state index contributed by atoms with van der Waals surface area (Å²) >= 11 is 0. The SMILES string of the molecule is OCc1ccccc1NNc1ccccc1. The molecule has 0 aromatic heterocycles. The molecule has 0 aliphatic rings. The first-order valence-corrected chi connectivity index (χ1v) is 5.16. The second-order valence-corrected chi connectivity index (χ2v) is 3.43. The van der Waals surface area contributed by atoms with Gasteiger partial charge in [0.15, 0.2) is 0 Å². The molecule has 0 heterocycles. The minimum Gasteiger partial charge on any atom is -0.392 e. The van der Waals surface area contributed by atoms with Crippen molar-refractivity contribution in [3.63, 3.8) is 0 Å². The van der Waals surface area contributed by atoms with Gasteiger partial charge in [-0.15, -0.1) is 0 Å². The summed E-state index contributed by atoms with van der Waals surface area (Å²) < 4.78 is 0. The third-order valence-corrected chi connectivity index (χ3v) is 2.30. The topological polar surface area (TPSA) is 44.3 Å². The maximum atomic E-state index is 9.15. The fourth-order valence-electron chi connectivity index (χ4n) is 1.44. The molecule has 2 rings (SSSR count). The first kappa shape index (κ1) is 10.5. The molecule has 3 heteroatoms. The van der Waals surface area contributed by atoms with Crippen molar-refractivity contribution in [3.05, 3.63) is 60.2 Å². The van der Waals surface area contributed by atoms with Gasteiger partial charge < -0.3 is 16.0 Å². The summed E-state index contributed by atoms with van der Waals surface area (Å²) in [7, 11) is 0. The lowest BCUT2D eigenvalue weighted by Crippen LogP contribution is -2.10. The largest absolute Gasteiger partial charge is 0.392 e. The Labute approximate surface area is 94.7 Å². The molecule has 82 valence electrons. The number of aliphatic hydroxyl groups excluding tert-OH is 1. The highest BCUT2D eigenvalue weighted by Crippen LogP contribution is 2.15. The van der Waals surface area contributed by atoms with Gasteiger partial charge in [0.1, 0.15) is 0 Å². The van der Waals surface area contributed by atoms with Gasteiger partial charge >= 0.3 is 0 Å². The smallest absolute Gasteiger partial charge is 0.0702 e. The minimum atomic E-state index is 0.0274. The molecule has 2 aromatic rings. The molecule has 0 fully saturated rings. The minimum absolute atomic E-state index is 0.0274. The number of aliphatic hydroxyl groups is 1. The Balaban J connectivity index is 2.05. The Morgan fingerprint density at radius 3 is 2.25 bits per heavy atom. The van der Waals surface area contributed by atoms with Crippen LogP contribution in [0.5, 0.6) is 0 Å². The zero-order valence-corrected chi connectivity index (χ0v) is 8.85. The van der Waals surface area contributed by atoms with Crippen LogP contribution in [0.15, 0.2) is 54.6 Å². The highest BCUT2D eigenvalue weighted by atomic mass is 16.3. The molecule has 16 heavy (non-hydrogen) atoms. The Bertz CT molecular complexity index is 443. The van der Waals surface area contributed by atoms with Crippen LogP contribution in [0.4, 0.5) is 11.4 Å². The van der Waals surface area contributed by atoms with E-state index in [0.717, 1.165) is 16.9 Å². The number of para-hydroxylation sites is 2. The van der Waals surface area contributed by atoms with Crippen LogP contribution < -0.4 is 10.9 Å². The highest BCUT2D eigenvalue weighted by Gasteiger charge is 1.98. The first-order chi connectivity index (χ1) is 7.90. The van der Waals surface area contributed by atoms with Crippen molar-refractivity contribution in [2.24, 2.45) is 0 Å². The molecule has 3 nitrogen and oxygen atoms in total. The van der Waals surface area contributed by atoms with E-state index in [1.165, 1.54) is 0 Å². The lowest BCUT2D eigenvalue weighted by atomic mass is 10.2. The van der Waals surface area contributed by atoms with E-state index < -0.39 is 0 Å². The predicted molar refractivity (Wildman–Crippen MR) is 66.1 cm³/mol. The fraction of sp³-hybridized carbons (Fsp3) is 0.0769. The van der Waals surface area contributed by atoms with E-state index in [9.17, 15) is 0 Å². The van der Waals surface area contributed by atoms with Crippen molar-refractivity contribution in [1.82, 2.24) is 0 Å². The van der Waals surface area contributed by atoms with Crippen molar-refractivity contribution >= 4 is 11.4 Å². The average molecular weight is 214 g/mol. The van der Waals surface area contributed by atoms with E-state index in [1.54, 1.807) is 0 Å². The maximum absolute atomic E-state index is 9.15. The summed E-state index contributed by atoms with van der Waals surface area (Å²) in [5, 5.41) is 9.15. The van der Waals surface area contributed by atoms with Crippen molar-refractivity contribution in [1.29, 1.82) is 0 Å². The molecule has 0 saturated heterocycles. The molecule has 0 atom stereocenters. The third kappa shape index (κ3) is 2.52. The highest BCUT2D eigenvalue weighted by molar-refractivity contribution is 5.56. The maximum Gasteiger partial charge on any atom is 0.0702 e. The lowest BCUT2D eigenvalue weighted by molar-refractivity contribution is 0.282. The fourth-order valence-corrected chi connectivity index (χ4v) is 1.44. The Hall–Kier alpha value is -2.00. The normalized spacial score (nSPS) is 9.81.